The fraction of sp³-hybridized carbons (Fsp3) is 0.333. The Morgan fingerprint density at radius 3 is 2.51 bits per heavy atom. The van der Waals surface area contributed by atoms with E-state index in [0.717, 1.165) is 59.4 Å². The second-order valence-corrected chi connectivity index (χ2v) is 10.6. The van der Waals surface area contributed by atoms with Gasteiger partial charge in [0.15, 0.2) is 0 Å². The number of nitrogens with one attached hydrogen (secondary N) is 2. The second kappa shape index (κ2) is 11.0. The summed E-state index contributed by atoms with van der Waals surface area (Å²) >= 11 is 6.44. The fourth-order valence-corrected chi connectivity index (χ4v) is 5.17. The minimum Gasteiger partial charge on any atom is -0.490 e. The van der Waals surface area contributed by atoms with Gasteiger partial charge in [-0.1, -0.05) is 43.6 Å². The molecule has 1 saturated heterocycles. The van der Waals surface area contributed by atoms with Crippen LogP contribution in [-0.4, -0.2) is 47.2 Å². The summed E-state index contributed by atoms with van der Waals surface area (Å²) in [4.78, 5) is 15.6. The fourth-order valence-electron chi connectivity index (χ4n) is 4.92. The van der Waals surface area contributed by atoms with Gasteiger partial charge in [-0.2, -0.15) is 5.10 Å². The van der Waals surface area contributed by atoms with Crippen LogP contribution in [0.3, 0.4) is 0 Å². The van der Waals surface area contributed by atoms with Crippen LogP contribution < -0.4 is 10.1 Å². The summed E-state index contributed by atoms with van der Waals surface area (Å²) in [6.07, 6.45) is 2.34. The van der Waals surface area contributed by atoms with Gasteiger partial charge in [0.2, 0.25) is 0 Å². The monoisotopic (exact) mass is 516 g/mol. The number of carbonyl (C=O) groups excluding carboxylic acids is 1. The first-order valence-corrected chi connectivity index (χ1v) is 13.3. The highest BCUT2D eigenvalue weighted by Crippen LogP contribution is 2.31. The molecule has 6 nitrogen and oxygen atoms in total. The summed E-state index contributed by atoms with van der Waals surface area (Å²) in [5.74, 6) is 0.902. The lowest BCUT2D eigenvalue weighted by molar-refractivity contribution is 0.0925. The van der Waals surface area contributed by atoms with Crippen molar-refractivity contribution < 1.29 is 9.53 Å². The van der Waals surface area contributed by atoms with Crippen LogP contribution >= 0.6 is 11.6 Å². The molecule has 1 unspecified atom stereocenters. The van der Waals surface area contributed by atoms with Crippen LogP contribution in [0.2, 0.25) is 5.02 Å². The average molecular weight is 517 g/mol. The van der Waals surface area contributed by atoms with E-state index in [1.807, 2.05) is 66.7 Å². The number of piperidine rings is 1. The average Bonchev–Trinajstić information content (AvgIpc) is 3.33. The Labute approximate surface area is 223 Å². The summed E-state index contributed by atoms with van der Waals surface area (Å²) in [6.45, 7) is 6.28. The molecule has 0 saturated carbocycles. The van der Waals surface area contributed by atoms with Crippen molar-refractivity contribution in [2.24, 2.45) is 5.92 Å². The van der Waals surface area contributed by atoms with Crippen molar-refractivity contribution in [2.75, 3.05) is 20.1 Å². The molecule has 0 spiro atoms. The first-order valence-electron chi connectivity index (χ1n) is 12.9. The minimum absolute atomic E-state index is 0.144. The Morgan fingerprint density at radius 2 is 1.81 bits per heavy atom. The predicted molar refractivity (Wildman–Crippen MR) is 149 cm³/mol. The van der Waals surface area contributed by atoms with Crippen molar-refractivity contribution in [2.45, 2.75) is 38.8 Å². The summed E-state index contributed by atoms with van der Waals surface area (Å²) in [5, 5.41) is 12.4. The van der Waals surface area contributed by atoms with Crippen molar-refractivity contribution in [3.8, 4) is 17.0 Å². The first kappa shape index (κ1) is 25.3. The van der Waals surface area contributed by atoms with Crippen LogP contribution in [0.5, 0.6) is 5.75 Å². The molecule has 1 fully saturated rings. The van der Waals surface area contributed by atoms with Crippen molar-refractivity contribution >= 4 is 28.4 Å². The molecule has 0 radical (unpaired) electrons. The van der Waals surface area contributed by atoms with E-state index in [2.05, 4.69) is 41.3 Å². The molecule has 1 aliphatic heterocycles. The van der Waals surface area contributed by atoms with Gasteiger partial charge in [0.25, 0.3) is 5.91 Å². The van der Waals surface area contributed by atoms with Gasteiger partial charge in [-0.15, -0.1) is 0 Å². The zero-order valence-electron chi connectivity index (χ0n) is 21.5. The maximum Gasteiger partial charge on any atom is 0.251 e. The molecule has 0 aliphatic carbocycles. The SMILES string of the molecule is CC(C)C(NC(=O)c1ccc2[nH]nc(-c3ccc(OC4CCN(C)CC4)cc3)c2c1)c1ccccc1Cl. The van der Waals surface area contributed by atoms with Gasteiger partial charge in [-0.05, 0) is 79.9 Å². The van der Waals surface area contributed by atoms with Gasteiger partial charge < -0.3 is 15.0 Å². The normalized spacial score (nSPS) is 15.7. The lowest BCUT2D eigenvalue weighted by Gasteiger charge is -2.29. The quantitative estimate of drug-likeness (QED) is 0.295. The highest BCUT2D eigenvalue weighted by molar-refractivity contribution is 6.31. The molecule has 37 heavy (non-hydrogen) atoms. The lowest BCUT2D eigenvalue weighted by Crippen LogP contribution is -2.35. The van der Waals surface area contributed by atoms with E-state index < -0.39 is 0 Å². The maximum absolute atomic E-state index is 13.3. The molecule has 2 heterocycles. The van der Waals surface area contributed by atoms with Crippen LogP contribution in [0.15, 0.2) is 66.7 Å². The Morgan fingerprint density at radius 1 is 1.08 bits per heavy atom. The van der Waals surface area contributed by atoms with Crippen LogP contribution in [0, 0.1) is 5.92 Å². The number of amides is 1. The molecule has 4 aromatic rings. The van der Waals surface area contributed by atoms with Crippen molar-refractivity contribution in [3.63, 3.8) is 0 Å². The number of hydrogen-bond donors (Lipinski definition) is 2. The Kier molecular flexibility index (Phi) is 7.49. The molecule has 1 aliphatic rings. The third-order valence-electron chi connectivity index (χ3n) is 7.11. The van der Waals surface area contributed by atoms with Crippen LogP contribution in [0.25, 0.3) is 22.2 Å². The molecule has 192 valence electrons. The van der Waals surface area contributed by atoms with Crippen LogP contribution in [-0.2, 0) is 0 Å². The number of fused-ring (bicyclic) bond motifs is 1. The van der Waals surface area contributed by atoms with E-state index in [0.29, 0.717) is 10.6 Å². The molecule has 5 rings (SSSR count). The van der Waals surface area contributed by atoms with E-state index in [4.69, 9.17) is 16.3 Å². The Bertz CT molecular complexity index is 1370. The number of rotatable bonds is 7. The number of aromatic nitrogens is 2. The molecule has 1 atom stereocenters. The number of carbonyl (C=O) groups is 1. The largest absolute Gasteiger partial charge is 0.490 e. The minimum atomic E-state index is -0.196. The topological polar surface area (TPSA) is 70.2 Å². The molecule has 2 N–H and O–H groups in total. The predicted octanol–water partition coefficient (Wildman–Crippen LogP) is 6.48. The molecule has 0 bridgehead atoms. The summed E-state index contributed by atoms with van der Waals surface area (Å²) in [7, 11) is 2.15. The molecule has 1 aromatic heterocycles. The van der Waals surface area contributed by atoms with Crippen molar-refractivity contribution in [1.82, 2.24) is 20.4 Å². The summed E-state index contributed by atoms with van der Waals surface area (Å²) < 4.78 is 6.20. The van der Waals surface area contributed by atoms with E-state index in [9.17, 15) is 4.79 Å². The third kappa shape index (κ3) is 5.65. The standard InChI is InChI=1S/C30H33ClN4O2/c1-19(2)28(24-6-4-5-7-26(24)31)32-30(36)21-10-13-27-25(18-21)29(34-33-27)20-8-11-22(12-9-20)37-23-14-16-35(3)17-15-23/h4-13,18-19,23,28H,14-17H2,1-3H3,(H,32,36)(H,33,34). The lowest BCUT2D eigenvalue weighted by atomic mass is 9.95. The Hall–Kier alpha value is -3.35. The second-order valence-electron chi connectivity index (χ2n) is 10.2. The van der Waals surface area contributed by atoms with E-state index in [1.165, 1.54) is 0 Å². The molecular formula is C30H33ClN4O2. The number of hydrogen-bond acceptors (Lipinski definition) is 4. The molecule has 3 aromatic carbocycles. The number of nitrogens with zero attached hydrogens (tertiary/aromatic N) is 2. The van der Waals surface area contributed by atoms with Gasteiger partial charge in [0.1, 0.15) is 11.9 Å². The smallest absolute Gasteiger partial charge is 0.251 e. The van der Waals surface area contributed by atoms with Gasteiger partial charge in [-0.3, -0.25) is 9.89 Å². The van der Waals surface area contributed by atoms with Crippen LogP contribution in [0.1, 0.15) is 48.7 Å². The number of H-pyrrole nitrogens is 1. The summed E-state index contributed by atoms with van der Waals surface area (Å²) in [5.41, 5.74) is 4.15. The highest BCUT2D eigenvalue weighted by Gasteiger charge is 2.22. The number of aromatic amines is 1. The number of ether oxygens (including phenoxy) is 1. The van der Waals surface area contributed by atoms with Crippen LogP contribution in [0.4, 0.5) is 0 Å². The van der Waals surface area contributed by atoms with Gasteiger partial charge in [0, 0.05) is 34.6 Å². The third-order valence-corrected chi connectivity index (χ3v) is 7.46. The van der Waals surface area contributed by atoms with E-state index >= 15 is 0 Å². The van der Waals surface area contributed by atoms with Crippen molar-refractivity contribution in [3.05, 3.63) is 82.9 Å². The zero-order valence-corrected chi connectivity index (χ0v) is 22.3. The number of halogens is 1. The van der Waals surface area contributed by atoms with Gasteiger partial charge in [0.05, 0.1) is 17.3 Å². The Balaban J connectivity index is 1.35. The van der Waals surface area contributed by atoms with E-state index in [1.54, 1.807) is 0 Å². The molecule has 1 amide bonds. The highest BCUT2D eigenvalue weighted by atomic mass is 35.5. The molecule has 7 heteroatoms. The van der Waals surface area contributed by atoms with Gasteiger partial charge in [-0.25, -0.2) is 0 Å². The molecular weight excluding hydrogens is 484 g/mol. The first-order chi connectivity index (χ1) is 17.9. The van der Waals surface area contributed by atoms with Gasteiger partial charge >= 0.3 is 0 Å². The zero-order chi connectivity index (χ0) is 25.9. The van der Waals surface area contributed by atoms with E-state index in [-0.39, 0.29) is 24.0 Å². The number of benzene rings is 3. The summed E-state index contributed by atoms with van der Waals surface area (Å²) in [6, 6.07) is 21.1. The number of likely N-dealkylation sites (tertiary alicyclic amines) is 1. The van der Waals surface area contributed by atoms with Crippen molar-refractivity contribution in [1.29, 1.82) is 0 Å². The maximum atomic E-state index is 13.3.